The lowest BCUT2D eigenvalue weighted by Crippen LogP contribution is -2.54. The van der Waals surface area contributed by atoms with Crippen molar-refractivity contribution in [2.24, 2.45) is 0 Å². The highest BCUT2D eigenvalue weighted by Gasteiger charge is 2.16. The Morgan fingerprint density at radius 2 is 1.65 bits per heavy atom. The fourth-order valence-electron chi connectivity index (χ4n) is 2.47. The number of thiophene rings is 1. The number of hydrogen-bond acceptors (Lipinski definition) is 6. The number of nitrogens with zero attached hydrogens (tertiary/aromatic N) is 4. The molecule has 3 aromatic rings. The third-order valence-electron chi connectivity index (χ3n) is 3.65. The van der Waals surface area contributed by atoms with E-state index in [2.05, 4.69) is 18.3 Å². The van der Waals surface area contributed by atoms with Crippen LogP contribution in [0.4, 0.5) is 0 Å². The van der Waals surface area contributed by atoms with Gasteiger partial charge in [0.05, 0.1) is 24.5 Å². The molecule has 0 saturated heterocycles. The Labute approximate surface area is 151 Å². The largest absolute Gasteiger partial charge is 0.355 e. The summed E-state index contributed by atoms with van der Waals surface area (Å²) in [6, 6.07) is 5.42. The standard InChI is InChI=1S/C17H16N4O4S/c1-3-7-19-15(22)20(8-4-2)17(24)21(16(19)23)11-12-10-13(25-18-12)14-6-5-9-26-14/h3-6,9-10H,1-2,7-8,11H2. The molecule has 3 heterocycles. The van der Waals surface area contributed by atoms with Gasteiger partial charge in [0.25, 0.3) is 0 Å². The van der Waals surface area contributed by atoms with Crippen molar-refractivity contribution in [2.45, 2.75) is 19.6 Å². The van der Waals surface area contributed by atoms with Gasteiger partial charge in [0.2, 0.25) is 0 Å². The lowest BCUT2D eigenvalue weighted by Gasteiger charge is -2.11. The van der Waals surface area contributed by atoms with Gasteiger partial charge in [0, 0.05) is 6.07 Å². The molecule has 0 aliphatic rings. The van der Waals surface area contributed by atoms with Gasteiger partial charge in [-0.1, -0.05) is 23.4 Å². The van der Waals surface area contributed by atoms with Gasteiger partial charge in [-0.2, -0.15) is 0 Å². The summed E-state index contributed by atoms with van der Waals surface area (Å²) in [5.41, 5.74) is -1.74. The quantitative estimate of drug-likeness (QED) is 0.583. The first-order valence-electron chi connectivity index (χ1n) is 7.72. The Balaban J connectivity index is 2.08. The Kier molecular flexibility index (Phi) is 4.99. The lowest BCUT2D eigenvalue weighted by atomic mass is 10.3. The molecule has 0 saturated carbocycles. The average Bonchev–Trinajstić information content (AvgIpc) is 3.30. The summed E-state index contributed by atoms with van der Waals surface area (Å²) >= 11 is 1.49. The summed E-state index contributed by atoms with van der Waals surface area (Å²) in [5, 5.41) is 5.82. The van der Waals surface area contributed by atoms with Crippen LogP contribution >= 0.6 is 11.3 Å². The van der Waals surface area contributed by atoms with E-state index >= 15 is 0 Å². The van der Waals surface area contributed by atoms with Crippen LogP contribution in [0.25, 0.3) is 10.6 Å². The topological polar surface area (TPSA) is 92.0 Å². The minimum Gasteiger partial charge on any atom is -0.355 e. The minimum atomic E-state index is -0.721. The third-order valence-corrected chi connectivity index (χ3v) is 4.54. The molecule has 0 unspecified atom stereocenters. The summed E-state index contributed by atoms with van der Waals surface area (Å²) < 4.78 is 8.11. The van der Waals surface area contributed by atoms with Crippen LogP contribution in [0.5, 0.6) is 0 Å². The molecule has 0 radical (unpaired) electrons. The molecule has 8 nitrogen and oxygen atoms in total. The normalized spacial score (nSPS) is 10.8. The second-order valence-corrected chi connectivity index (χ2v) is 6.34. The van der Waals surface area contributed by atoms with Crippen molar-refractivity contribution < 1.29 is 4.52 Å². The fraction of sp³-hybridized carbons (Fsp3) is 0.176. The zero-order chi connectivity index (χ0) is 18.7. The van der Waals surface area contributed by atoms with Crippen molar-refractivity contribution in [3.63, 3.8) is 0 Å². The van der Waals surface area contributed by atoms with Gasteiger partial charge < -0.3 is 4.52 Å². The Hall–Kier alpha value is -3.20. The predicted octanol–water partition coefficient (Wildman–Crippen LogP) is 1.31. The molecule has 0 amide bonds. The van der Waals surface area contributed by atoms with Gasteiger partial charge in [0.1, 0.15) is 5.69 Å². The van der Waals surface area contributed by atoms with Crippen molar-refractivity contribution in [2.75, 3.05) is 0 Å². The average molecular weight is 372 g/mol. The van der Waals surface area contributed by atoms with E-state index in [9.17, 15) is 14.4 Å². The highest BCUT2D eigenvalue weighted by Crippen LogP contribution is 2.25. The molecule has 3 aromatic heterocycles. The molecule has 0 fully saturated rings. The number of aromatic nitrogens is 4. The molecular formula is C17H16N4O4S. The molecule has 26 heavy (non-hydrogen) atoms. The Bertz CT molecular complexity index is 1070. The van der Waals surface area contributed by atoms with Crippen molar-refractivity contribution in [1.82, 2.24) is 18.9 Å². The molecular weight excluding hydrogens is 356 g/mol. The van der Waals surface area contributed by atoms with Crippen LogP contribution < -0.4 is 17.1 Å². The summed E-state index contributed by atoms with van der Waals surface area (Å²) in [4.78, 5) is 38.4. The van der Waals surface area contributed by atoms with Gasteiger partial charge in [-0.25, -0.2) is 28.1 Å². The molecule has 9 heteroatoms. The maximum atomic E-state index is 12.6. The van der Waals surface area contributed by atoms with Crippen molar-refractivity contribution >= 4 is 11.3 Å². The number of allylic oxidation sites excluding steroid dienone is 2. The second-order valence-electron chi connectivity index (χ2n) is 5.39. The molecule has 0 aliphatic carbocycles. The highest BCUT2D eigenvalue weighted by molar-refractivity contribution is 7.13. The number of hydrogen-bond donors (Lipinski definition) is 0. The highest BCUT2D eigenvalue weighted by atomic mass is 32.1. The van der Waals surface area contributed by atoms with Crippen molar-refractivity contribution in [3.05, 3.63) is 86.0 Å². The maximum Gasteiger partial charge on any atom is 0.336 e. The predicted molar refractivity (Wildman–Crippen MR) is 98.5 cm³/mol. The van der Waals surface area contributed by atoms with Gasteiger partial charge in [-0.15, -0.1) is 24.5 Å². The van der Waals surface area contributed by atoms with E-state index < -0.39 is 17.1 Å². The molecule has 0 spiro atoms. The second kappa shape index (κ2) is 7.36. The molecule has 134 valence electrons. The Morgan fingerprint density at radius 1 is 1.04 bits per heavy atom. The summed E-state index contributed by atoms with van der Waals surface area (Å²) in [7, 11) is 0. The first kappa shape index (κ1) is 17.6. The van der Waals surface area contributed by atoms with Gasteiger partial charge in [0.15, 0.2) is 5.76 Å². The monoisotopic (exact) mass is 372 g/mol. The smallest absolute Gasteiger partial charge is 0.336 e. The molecule has 0 bridgehead atoms. The van der Waals surface area contributed by atoms with Gasteiger partial charge in [-0.05, 0) is 11.4 Å². The van der Waals surface area contributed by atoms with Crippen LogP contribution in [0.3, 0.4) is 0 Å². The van der Waals surface area contributed by atoms with Crippen molar-refractivity contribution in [1.29, 1.82) is 0 Å². The van der Waals surface area contributed by atoms with E-state index in [-0.39, 0.29) is 19.6 Å². The van der Waals surface area contributed by atoms with Crippen molar-refractivity contribution in [3.8, 4) is 10.6 Å². The van der Waals surface area contributed by atoms with E-state index in [1.54, 1.807) is 6.07 Å². The SMILES string of the molecule is C=CCn1c(=O)n(CC=C)c(=O)n(Cc2cc(-c3cccs3)on2)c1=O. The van der Waals surface area contributed by atoms with Crippen LogP contribution in [0.15, 0.2) is 67.8 Å². The van der Waals surface area contributed by atoms with E-state index in [4.69, 9.17) is 4.52 Å². The molecule has 3 rings (SSSR count). The number of rotatable bonds is 7. The van der Waals surface area contributed by atoms with Gasteiger partial charge in [-0.3, -0.25) is 0 Å². The van der Waals surface area contributed by atoms with Gasteiger partial charge >= 0.3 is 17.1 Å². The molecule has 0 aromatic carbocycles. The molecule has 0 atom stereocenters. The molecule has 0 N–H and O–H groups in total. The van der Waals surface area contributed by atoms with Crippen LogP contribution in [0.2, 0.25) is 0 Å². The lowest BCUT2D eigenvalue weighted by molar-refractivity contribution is 0.416. The van der Waals surface area contributed by atoms with Crippen LogP contribution in [0.1, 0.15) is 5.69 Å². The van der Waals surface area contributed by atoms with E-state index in [1.165, 1.54) is 23.5 Å². The van der Waals surface area contributed by atoms with Crippen LogP contribution in [-0.2, 0) is 19.6 Å². The van der Waals surface area contributed by atoms with E-state index in [1.807, 2.05) is 17.5 Å². The zero-order valence-electron chi connectivity index (χ0n) is 13.8. The fourth-order valence-corrected chi connectivity index (χ4v) is 3.14. The van der Waals surface area contributed by atoms with E-state index in [0.717, 1.165) is 18.6 Å². The molecule has 0 aliphatic heterocycles. The zero-order valence-corrected chi connectivity index (χ0v) is 14.6. The maximum absolute atomic E-state index is 12.6. The van der Waals surface area contributed by atoms with Crippen LogP contribution in [0, 0.1) is 0 Å². The first-order valence-corrected chi connectivity index (χ1v) is 8.60. The summed E-state index contributed by atoms with van der Waals surface area (Å²) in [6.45, 7) is 6.96. The Morgan fingerprint density at radius 3 is 2.19 bits per heavy atom. The summed E-state index contributed by atoms with van der Waals surface area (Å²) in [6.07, 6.45) is 2.84. The first-order chi connectivity index (χ1) is 12.6. The minimum absolute atomic E-state index is 0.00560. The third kappa shape index (κ3) is 3.16. The van der Waals surface area contributed by atoms with E-state index in [0.29, 0.717) is 11.5 Å². The van der Waals surface area contributed by atoms with Crippen LogP contribution in [-0.4, -0.2) is 18.9 Å². The summed E-state index contributed by atoms with van der Waals surface area (Å²) in [5.74, 6) is 0.550.